The summed E-state index contributed by atoms with van der Waals surface area (Å²) in [6.07, 6.45) is 0. The molecule has 8 aromatic rings. The largest absolute Gasteiger partial charge is 0.309 e. The Morgan fingerprint density at radius 2 is 1.19 bits per heavy atom. The Morgan fingerprint density at radius 3 is 2.02 bits per heavy atom. The van der Waals surface area contributed by atoms with Crippen molar-refractivity contribution in [2.45, 2.75) is 19.3 Å². The number of hydrogen-bond acceptors (Lipinski definition) is 1. The molecule has 0 bridgehead atoms. The van der Waals surface area contributed by atoms with E-state index < -0.39 is 0 Å². The van der Waals surface area contributed by atoms with Crippen LogP contribution in [-0.4, -0.2) is 14.1 Å². The molecule has 2 heterocycles. The van der Waals surface area contributed by atoms with Crippen LogP contribution in [0.3, 0.4) is 0 Å². The van der Waals surface area contributed by atoms with Crippen molar-refractivity contribution in [1.29, 1.82) is 0 Å². The van der Waals surface area contributed by atoms with Crippen molar-refractivity contribution in [1.82, 2.24) is 14.1 Å². The molecule has 0 atom stereocenters. The summed E-state index contributed by atoms with van der Waals surface area (Å²) in [5.74, 6) is 0.942. The number of nitrogens with zero attached hydrogens (tertiary/aromatic N) is 3. The van der Waals surface area contributed by atoms with Gasteiger partial charge in [-0.25, -0.2) is 4.98 Å². The topological polar surface area (TPSA) is 22.8 Å². The molecule has 0 amide bonds. The first-order valence-electron chi connectivity index (χ1n) is 14.9. The molecule has 204 valence electrons. The lowest BCUT2D eigenvalue weighted by atomic mass is 9.82. The fraction of sp³-hybridized carbons (Fsp3) is 0.0750. The number of imidazole rings is 1. The molecule has 9 rings (SSSR count). The molecule has 0 aliphatic heterocycles. The van der Waals surface area contributed by atoms with E-state index in [0.29, 0.717) is 0 Å². The summed E-state index contributed by atoms with van der Waals surface area (Å²) in [6.45, 7) is 4.70. The van der Waals surface area contributed by atoms with E-state index in [0.717, 1.165) is 33.8 Å². The fourth-order valence-corrected chi connectivity index (χ4v) is 7.33. The molecule has 1 aliphatic carbocycles. The van der Waals surface area contributed by atoms with Crippen molar-refractivity contribution in [3.63, 3.8) is 0 Å². The second-order valence-electron chi connectivity index (χ2n) is 12.0. The van der Waals surface area contributed by atoms with Crippen LogP contribution in [0, 0.1) is 0 Å². The highest BCUT2D eigenvalue weighted by atomic mass is 15.1. The lowest BCUT2D eigenvalue weighted by molar-refractivity contribution is 0.661. The molecule has 0 fully saturated rings. The Kier molecular flexibility index (Phi) is 4.95. The summed E-state index contributed by atoms with van der Waals surface area (Å²) in [7, 11) is 0. The van der Waals surface area contributed by atoms with Gasteiger partial charge >= 0.3 is 0 Å². The lowest BCUT2D eigenvalue weighted by Crippen LogP contribution is -2.14. The zero-order valence-electron chi connectivity index (χ0n) is 24.1. The lowest BCUT2D eigenvalue weighted by Gasteiger charge is -2.21. The smallest absolute Gasteiger partial charge is 0.145 e. The van der Waals surface area contributed by atoms with Gasteiger partial charge in [-0.2, -0.15) is 0 Å². The third-order valence-corrected chi connectivity index (χ3v) is 9.34. The van der Waals surface area contributed by atoms with Crippen LogP contribution >= 0.6 is 0 Å². The van der Waals surface area contributed by atoms with E-state index in [1.54, 1.807) is 0 Å². The van der Waals surface area contributed by atoms with Crippen LogP contribution in [0.25, 0.3) is 66.7 Å². The zero-order valence-corrected chi connectivity index (χ0v) is 24.1. The first-order chi connectivity index (χ1) is 21.1. The van der Waals surface area contributed by atoms with Gasteiger partial charge in [-0.1, -0.05) is 98.8 Å². The third kappa shape index (κ3) is 3.33. The normalized spacial score (nSPS) is 13.5. The van der Waals surface area contributed by atoms with Crippen LogP contribution in [0.5, 0.6) is 0 Å². The van der Waals surface area contributed by atoms with E-state index in [2.05, 4.69) is 163 Å². The van der Waals surface area contributed by atoms with Crippen molar-refractivity contribution >= 4 is 32.8 Å². The molecule has 43 heavy (non-hydrogen) atoms. The Hall–Kier alpha value is -5.41. The van der Waals surface area contributed by atoms with Crippen LogP contribution < -0.4 is 0 Å². The van der Waals surface area contributed by atoms with Crippen LogP contribution in [-0.2, 0) is 5.41 Å². The van der Waals surface area contributed by atoms with Gasteiger partial charge in [0.1, 0.15) is 5.82 Å². The first-order valence-corrected chi connectivity index (χ1v) is 14.9. The van der Waals surface area contributed by atoms with Gasteiger partial charge in [0.05, 0.1) is 22.1 Å². The Labute approximate surface area is 250 Å². The Balaban J connectivity index is 1.29. The van der Waals surface area contributed by atoms with Gasteiger partial charge in [-0.3, -0.25) is 4.57 Å². The van der Waals surface area contributed by atoms with Gasteiger partial charge in [-0.15, -0.1) is 0 Å². The standard InChI is InChI=1S/C40H29N3/c1-40(2)32-16-8-6-15-31(32)37-33(40)25-24-30-29-14-7-10-18-35(29)42(38(30)37)28-22-20-26(21-23-28)39-41-34-17-9-11-19-36(34)43(39)27-12-4-3-5-13-27/h3-25H,1-2H3. The number of benzene rings is 6. The van der Waals surface area contributed by atoms with Crippen LogP contribution in [0.4, 0.5) is 0 Å². The molecular formula is C40H29N3. The van der Waals surface area contributed by atoms with Crippen molar-refractivity contribution in [2.24, 2.45) is 0 Å². The van der Waals surface area contributed by atoms with E-state index in [1.165, 1.54) is 44.1 Å². The molecule has 2 aromatic heterocycles. The molecule has 6 aromatic carbocycles. The SMILES string of the molecule is CC1(C)c2ccccc2-c2c1ccc1c3ccccc3n(-c3ccc(-c4nc5ccccc5n4-c4ccccc4)cc3)c21. The van der Waals surface area contributed by atoms with Gasteiger partial charge in [0.15, 0.2) is 0 Å². The maximum absolute atomic E-state index is 5.10. The predicted molar refractivity (Wildman–Crippen MR) is 178 cm³/mol. The van der Waals surface area contributed by atoms with Crippen LogP contribution in [0.2, 0.25) is 0 Å². The van der Waals surface area contributed by atoms with E-state index in [1.807, 2.05) is 0 Å². The number of rotatable bonds is 3. The van der Waals surface area contributed by atoms with Crippen molar-refractivity contribution in [3.05, 3.63) is 151 Å². The second kappa shape index (κ2) is 8.80. The summed E-state index contributed by atoms with van der Waals surface area (Å²) in [5.41, 5.74) is 13.3. The van der Waals surface area contributed by atoms with Crippen molar-refractivity contribution < 1.29 is 0 Å². The van der Waals surface area contributed by atoms with E-state index in [4.69, 9.17) is 4.98 Å². The van der Waals surface area contributed by atoms with Crippen molar-refractivity contribution in [3.8, 4) is 33.9 Å². The van der Waals surface area contributed by atoms with Gasteiger partial charge in [0, 0.05) is 38.7 Å². The van der Waals surface area contributed by atoms with E-state index in [9.17, 15) is 0 Å². The minimum atomic E-state index is -0.0538. The molecule has 0 saturated heterocycles. The molecule has 1 aliphatic rings. The maximum atomic E-state index is 5.10. The van der Waals surface area contributed by atoms with Gasteiger partial charge in [0.2, 0.25) is 0 Å². The van der Waals surface area contributed by atoms with E-state index >= 15 is 0 Å². The summed E-state index contributed by atoms with van der Waals surface area (Å²) in [6, 6.07) is 50.2. The predicted octanol–water partition coefficient (Wildman–Crippen LogP) is 10.1. The number of fused-ring (bicyclic) bond motifs is 8. The first kappa shape index (κ1) is 24.2. The summed E-state index contributed by atoms with van der Waals surface area (Å²) < 4.78 is 4.72. The number of hydrogen-bond donors (Lipinski definition) is 0. The summed E-state index contributed by atoms with van der Waals surface area (Å²) in [5, 5.41) is 2.56. The Bertz CT molecular complexity index is 2350. The molecular weight excluding hydrogens is 522 g/mol. The molecule has 0 unspecified atom stereocenters. The van der Waals surface area contributed by atoms with Crippen LogP contribution in [0.15, 0.2) is 140 Å². The van der Waals surface area contributed by atoms with Gasteiger partial charge in [0.25, 0.3) is 0 Å². The molecule has 3 nitrogen and oxygen atoms in total. The highest BCUT2D eigenvalue weighted by Crippen LogP contribution is 2.52. The number of aromatic nitrogens is 3. The monoisotopic (exact) mass is 551 g/mol. The fourth-order valence-electron chi connectivity index (χ4n) is 7.33. The minimum absolute atomic E-state index is 0.0538. The Morgan fingerprint density at radius 1 is 0.512 bits per heavy atom. The third-order valence-electron chi connectivity index (χ3n) is 9.34. The van der Waals surface area contributed by atoms with Crippen molar-refractivity contribution in [2.75, 3.05) is 0 Å². The highest BCUT2D eigenvalue weighted by molar-refractivity contribution is 6.15. The summed E-state index contributed by atoms with van der Waals surface area (Å²) >= 11 is 0. The summed E-state index contributed by atoms with van der Waals surface area (Å²) in [4.78, 5) is 5.10. The quantitative estimate of drug-likeness (QED) is 0.214. The minimum Gasteiger partial charge on any atom is -0.309 e. The zero-order chi connectivity index (χ0) is 28.7. The van der Waals surface area contributed by atoms with Gasteiger partial charge in [-0.05, 0) is 71.3 Å². The molecule has 0 saturated carbocycles. The van der Waals surface area contributed by atoms with Crippen LogP contribution in [0.1, 0.15) is 25.0 Å². The van der Waals surface area contributed by atoms with Gasteiger partial charge < -0.3 is 4.57 Å². The average Bonchev–Trinajstić information content (AvgIpc) is 3.68. The highest BCUT2D eigenvalue weighted by Gasteiger charge is 2.37. The molecule has 0 N–H and O–H groups in total. The maximum Gasteiger partial charge on any atom is 0.145 e. The molecule has 0 spiro atoms. The average molecular weight is 552 g/mol. The number of para-hydroxylation sites is 4. The molecule has 3 heteroatoms. The second-order valence-corrected chi connectivity index (χ2v) is 12.0. The van der Waals surface area contributed by atoms with E-state index in [-0.39, 0.29) is 5.41 Å². The molecule has 0 radical (unpaired) electrons.